The molecule has 4 heteroatoms. The summed E-state index contributed by atoms with van der Waals surface area (Å²) in [6, 6.07) is 0. The van der Waals surface area contributed by atoms with Gasteiger partial charge in [0.2, 0.25) is 0 Å². The van der Waals surface area contributed by atoms with Gasteiger partial charge in [0.25, 0.3) is 0 Å². The van der Waals surface area contributed by atoms with Gasteiger partial charge in [-0.2, -0.15) is 0 Å². The molecule has 0 N–H and O–H groups in total. The molecule has 1 nitrogen and oxygen atoms in total. The standard InChI is InChI=1S/C2H10OSi3/c1-2-6(5)3-4/h2,6H,1H2,4-5H3. The van der Waals surface area contributed by atoms with Crippen LogP contribution in [0, 0.1) is 0 Å². The second kappa shape index (κ2) is 3.54. The molecule has 36 valence electrons. The molecule has 0 aromatic rings. The molecule has 6 heavy (non-hydrogen) atoms. The van der Waals surface area contributed by atoms with Gasteiger partial charge in [-0.3, -0.25) is 0 Å². The fraction of sp³-hybridized carbons (Fsp3) is 0. The molecule has 0 aromatic carbocycles. The molecule has 0 saturated carbocycles. The van der Waals surface area contributed by atoms with E-state index in [2.05, 4.69) is 6.58 Å². The second-order valence-electron chi connectivity index (χ2n) is 1.18. The van der Waals surface area contributed by atoms with Gasteiger partial charge >= 0.3 is 0 Å². The maximum atomic E-state index is 5.12. The third kappa shape index (κ3) is 2.58. The van der Waals surface area contributed by atoms with Gasteiger partial charge in [-0.25, -0.2) is 0 Å². The molecular formula is C2H10OSi3. The van der Waals surface area contributed by atoms with Crippen molar-refractivity contribution >= 4 is 28.8 Å². The van der Waals surface area contributed by atoms with Crippen molar-refractivity contribution in [3.63, 3.8) is 0 Å². The molecule has 0 aliphatic rings. The van der Waals surface area contributed by atoms with Crippen molar-refractivity contribution in [1.29, 1.82) is 0 Å². The first-order chi connectivity index (χ1) is 2.81. The summed E-state index contributed by atoms with van der Waals surface area (Å²) in [5.74, 6) is 0. The molecular weight excluding hydrogens is 124 g/mol. The Labute approximate surface area is 45.9 Å². The molecule has 0 aliphatic heterocycles. The summed E-state index contributed by atoms with van der Waals surface area (Å²) >= 11 is 0. The van der Waals surface area contributed by atoms with Crippen molar-refractivity contribution in [3.05, 3.63) is 12.3 Å². The van der Waals surface area contributed by atoms with Crippen LogP contribution >= 0.6 is 0 Å². The zero-order chi connectivity index (χ0) is 4.99. The van der Waals surface area contributed by atoms with E-state index in [1.54, 1.807) is 0 Å². The van der Waals surface area contributed by atoms with Crippen LogP contribution in [0.4, 0.5) is 0 Å². The predicted octanol–water partition coefficient (Wildman–Crippen LogP) is -2.41. The van der Waals surface area contributed by atoms with Crippen LogP contribution in [0.1, 0.15) is 0 Å². The fourth-order valence-corrected chi connectivity index (χ4v) is 0.866. The highest BCUT2D eigenvalue weighted by Crippen LogP contribution is 1.70. The van der Waals surface area contributed by atoms with Crippen LogP contribution in [0.5, 0.6) is 0 Å². The highest BCUT2D eigenvalue weighted by molar-refractivity contribution is 7.03. The van der Waals surface area contributed by atoms with E-state index in [-0.39, 0.29) is 0 Å². The largest absolute Gasteiger partial charge is 0.465 e. The van der Waals surface area contributed by atoms with E-state index in [1.165, 1.54) is 9.76 Å². The summed E-state index contributed by atoms with van der Waals surface area (Å²) < 4.78 is 5.12. The molecule has 0 heterocycles. The average molecular weight is 134 g/mol. The minimum Gasteiger partial charge on any atom is -0.465 e. The lowest BCUT2D eigenvalue weighted by Crippen LogP contribution is -2.12. The van der Waals surface area contributed by atoms with Gasteiger partial charge < -0.3 is 4.12 Å². The van der Waals surface area contributed by atoms with Gasteiger partial charge in [-0.1, -0.05) is 5.70 Å². The Balaban J connectivity index is 2.96. The summed E-state index contributed by atoms with van der Waals surface area (Å²) in [5, 5.41) is 0. The first-order valence-corrected chi connectivity index (χ1v) is 8.54. The average Bonchev–Trinajstić information content (AvgIpc) is 1.65. The lowest BCUT2D eigenvalue weighted by atomic mass is 11.3. The van der Waals surface area contributed by atoms with Crippen molar-refractivity contribution in [2.75, 3.05) is 0 Å². The van der Waals surface area contributed by atoms with Crippen molar-refractivity contribution in [2.24, 2.45) is 0 Å². The van der Waals surface area contributed by atoms with Gasteiger partial charge in [-0.05, 0) is 0 Å². The van der Waals surface area contributed by atoms with Gasteiger partial charge in [0, 0.05) is 9.76 Å². The lowest BCUT2D eigenvalue weighted by molar-refractivity contribution is 0.667. The van der Waals surface area contributed by atoms with Crippen LogP contribution in [-0.4, -0.2) is 28.8 Å². The zero-order valence-electron chi connectivity index (χ0n) is 4.27. The van der Waals surface area contributed by atoms with Crippen molar-refractivity contribution < 1.29 is 4.12 Å². The Bertz CT molecular complexity index is 46.1. The van der Waals surface area contributed by atoms with Crippen LogP contribution in [0.15, 0.2) is 12.3 Å². The van der Waals surface area contributed by atoms with Crippen LogP contribution < -0.4 is 0 Å². The first kappa shape index (κ1) is 6.35. The Morgan fingerprint density at radius 2 is 2.33 bits per heavy atom. The third-order valence-corrected chi connectivity index (χ3v) is 10.00. The normalized spacial score (nSPS) is 14.7. The van der Waals surface area contributed by atoms with E-state index in [0.717, 1.165) is 10.5 Å². The van der Waals surface area contributed by atoms with Crippen molar-refractivity contribution in [1.82, 2.24) is 0 Å². The minimum absolute atomic E-state index is 0.696. The SMILES string of the molecule is C=C[SiH]([SiH3])O[SiH3]. The van der Waals surface area contributed by atoms with Gasteiger partial charge in [-0.15, -0.1) is 6.58 Å². The predicted molar refractivity (Wildman–Crippen MR) is 38.3 cm³/mol. The molecule has 1 atom stereocenters. The van der Waals surface area contributed by atoms with E-state index < -0.39 is 8.56 Å². The summed E-state index contributed by atoms with van der Waals surface area (Å²) in [7, 11) is 1.44. The maximum Gasteiger partial charge on any atom is 0.162 e. The highest BCUT2D eigenvalue weighted by Gasteiger charge is 1.87. The maximum absolute atomic E-state index is 5.12. The first-order valence-electron chi connectivity index (χ1n) is 1.96. The van der Waals surface area contributed by atoms with Crippen LogP contribution in [0.2, 0.25) is 0 Å². The molecule has 0 fully saturated rings. The molecule has 0 rings (SSSR count). The van der Waals surface area contributed by atoms with Crippen molar-refractivity contribution in [3.8, 4) is 0 Å². The summed E-state index contributed by atoms with van der Waals surface area (Å²) in [5.41, 5.74) is 1.99. The smallest absolute Gasteiger partial charge is 0.162 e. The molecule has 0 amide bonds. The monoisotopic (exact) mass is 134 g/mol. The topological polar surface area (TPSA) is 9.23 Å². The summed E-state index contributed by atoms with van der Waals surface area (Å²) in [4.78, 5) is 0. The van der Waals surface area contributed by atoms with E-state index in [1.807, 2.05) is 5.70 Å². The second-order valence-corrected chi connectivity index (χ2v) is 8.36. The Kier molecular flexibility index (Phi) is 3.74. The molecule has 0 aromatic heterocycles. The summed E-state index contributed by atoms with van der Waals surface area (Å²) in [6.07, 6.45) is 0. The molecule has 0 radical (unpaired) electrons. The fourth-order valence-electron chi connectivity index (χ4n) is 0.0962. The van der Waals surface area contributed by atoms with Gasteiger partial charge in [0.1, 0.15) is 10.5 Å². The molecule has 1 unspecified atom stereocenters. The third-order valence-electron chi connectivity index (χ3n) is 0.704. The van der Waals surface area contributed by atoms with Crippen LogP contribution in [0.25, 0.3) is 0 Å². The van der Waals surface area contributed by atoms with Crippen LogP contribution in [-0.2, 0) is 4.12 Å². The Hall–Kier alpha value is 0.351. The van der Waals surface area contributed by atoms with Gasteiger partial charge in [0.15, 0.2) is 8.56 Å². The number of hydrogen-bond donors (Lipinski definition) is 0. The van der Waals surface area contributed by atoms with E-state index in [4.69, 9.17) is 4.12 Å². The van der Waals surface area contributed by atoms with E-state index in [9.17, 15) is 0 Å². The molecule has 0 spiro atoms. The lowest BCUT2D eigenvalue weighted by Gasteiger charge is -1.95. The van der Waals surface area contributed by atoms with Crippen molar-refractivity contribution in [2.45, 2.75) is 0 Å². The number of rotatable bonds is 2. The quantitative estimate of drug-likeness (QED) is 0.383. The Morgan fingerprint density at radius 3 is 2.33 bits per heavy atom. The van der Waals surface area contributed by atoms with Crippen LogP contribution in [0.3, 0.4) is 0 Å². The van der Waals surface area contributed by atoms with E-state index >= 15 is 0 Å². The zero-order valence-corrected chi connectivity index (χ0v) is 9.42. The molecule has 0 aliphatic carbocycles. The highest BCUT2D eigenvalue weighted by atomic mass is 29.2. The van der Waals surface area contributed by atoms with Gasteiger partial charge in [0.05, 0.1) is 0 Å². The summed E-state index contributed by atoms with van der Waals surface area (Å²) in [6.45, 7) is 3.63. The number of hydrogen-bond acceptors (Lipinski definition) is 1. The molecule has 0 bridgehead atoms. The molecule has 0 saturated heterocycles. The van der Waals surface area contributed by atoms with E-state index in [0.29, 0.717) is 0 Å². The Morgan fingerprint density at radius 1 is 1.83 bits per heavy atom. The minimum atomic E-state index is -0.696.